The molecule has 0 aromatic carbocycles. The maximum Gasteiger partial charge on any atom is 0.364 e. The second kappa shape index (κ2) is 42.1. The molecular formula is C65H108N4O49. The van der Waals surface area contributed by atoms with Crippen LogP contribution in [0.25, 0.3) is 0 Å². The fourth-order valence-electron chi connectivity index (χ4n) is 15.1. The SMILES string of the molecule is CC(=O)N[C@H]1[C@H](O[C@H]2[C@@H](O)[C@@H](CO[C@@H]3O[C@H](CO)[C@@H](O[C@@H]4O[C@H](CO)[C@H](O)[C@H](O)[C@H]4O)[C@@H](O)[C@H]3NC(C)=O)O[C@@H](O[C@H]3[C@H](O)[C@@H](NC(C)=O)[C@H](O[C@H]4[C@@H](O)[C@@H](CO)O[C@@H](O[C@H]5[C@H](O)[C@@H](O)[C@H](O)O[C@@H]5CO)[C@@H]4O)O[C@@H]3CO)[C@@H]2O)O[C@H](CO)[C@@H](O[C@@H]2O[C@H](CO[C@]3(C(=O)O)C[C@H](O)[C@@H](NC(C)=O)[C@H]([C@H](O)[C@H](O)CO)O3)[C@H](O)[C@@H](O)[C@H]2O)[C@@H]1O. The van der Waals surface area contributed by atoms with Crippen LogP contribution in [0.4, 0.5) is 0 Å². The Morgan fingerprint density at radius 3 is 1.07 bits per heavy atom. The number of rotatable bonds is 32. The van der Waals surface area contributed by atoms with E-state index in [4.69, 9.17) is 80.5 Å². The number of hydrogen-bond acceptors (Lipinski definition) is 48. The molecule has 4 amide bonds. The van der Waals surface area contributed by atoms with Crippen molar-refractivity contribution in [3.8, 4) is 0 Å². The number of aliphatic hydroxyl groups excluding tert-OH is 26. The Morgan fingerprint density at radius 1 is 0.347 bits per heavy atom. The highest BCUT2D eigenvalue weighted by Crippen LogP contribution is 2.41. The number of aliphatic carboxylic acids is 1. The number of ether oxygens (including phenoxy) is 17. The molecule has 9 rings (SSSR count). The Kier molecular flexibility index (Phi) is 34.7. The van der Waals surface area contributed by atoms with Gasteiger partial charge in [0.15, 0.2) is 50.3 Å². The molecule has 9 aliphatic rings. The normalized spacial score (nSPS) is 47.6. The Morgan fingerprint density at radius 2 is 0.669 bits per heavy atom. The van der Waals surface area contributed by atoms with Gasteiger partial charge in [-0.25, -0.2) is 4.79 Å². The molecule has 9 saturated heterocycles. The first-order valence-electron chi connectivity index (χ1n) is 37.3. The van der Waals surface area contributed by atoms with Gasteiger partial charge in [-0.05, 0) is 0 Å². The highest BCUT2D eigenvalue weighted by Gasteiger charge is 2.62. The van der Waals surface area contributed by atoms with E-state index in [1.807, 2.05) is 0 Å². The third kappa shape index (κ3) is 21.4. The van der Waals surface area contributed by atoms with Gasteiger partial charge in [0.1, 0.15) is 213 Å². The molecule has 118 heavy (non-hydrogen) atoms. The molecule has 53 heteroatoms. The van der Waals surface area contributed by atoms with Gasteiger partial charge in [0.05, 0.1) is 71.6 Å². The first-order chi connectivity index (χ1) is 55.6. The van der Waals surface area contributed by atoms with Crippen LogP contribution in [0.2, 0.25) is 0 Å². The number of amides is 4. The molecule has 0 aromatic rings. The van der Waals surface area contributed by atoms with E-state index in [0.717, 1.165) is 27.7 Å². The Labute approximate surface area is 666 Å². The molecule has 0 saturated carbocycles. The van der Waals surface area contributed by atoms with E-state index in [0.29, 0.717) is 0 Å². The van der Waals surface area contributed by atoms with Crippen molar-refractivity contribution < 1.29 is 242 Å². The maximum absolute atomic E-state index is 13.2. The van der Waals surface area contributed by atoms with E-state index in [-0.39, 0.29) is 0 Å². The molecule has 0 radical (unpaired) electrons. The Balaban J connectivity index is 1.00. The number of carbonyl (C=O) groups excluding carboxylic acids is 4. The van der Waals surface area contributed by atoms with Crippen LogP contribution < -0.4 is 21.3 Å². The van der Waals surface area contributed by atoms with Crippen LogP contribution in [-0.2, 0) is 104 Å². The Hall–Kier alpha value is -4.37. The van der Waals surface area contributed by atoms with Gasteiger partial charge in [0, 0.05) is 34.1 Å². The largest absolute Gasteiger partial charge is 0.477 e. The zero-order chi connectivity index (χ0) is 87.3. The average Bonchev–Trinajstić information content (AvgIpc) is 0.767. The summed E-state index contributed by atoms with van der Waals surface area (Å²) in [5, 5.41) is 307. The number of hydrogen-bond donors (Lipinski definition) is 31. The monoisotopic (exact) mass is 1730 g/mol. The van der Waals surface area contributed by atoms with Gasteiger partial charge >= 0.3 is 5.97 Å². The molecule has 0 bridgehead atoms. The standard InChI is InChI=1S/C65H108N4O49/c1-15(77)66-29-19(81)5-65(64(100)101,118-53(29)33(83)20(82)6-70)103-14-28-35(85)42(92)46(96)61(111-28)113-50-25(11-75)108-59(31(39(50)89)68-17(3)79)117-55-37(87)27(13-102-57-30(67-16(2)78)38(88)49(24(10-74)107-57)112-60-45(95)41(91)34(84)21(7-71)105-60)110-63(48(55)98)114-51-26(12-76)109-58(32(40(51)90)69-18(4)80)116-54-36(86)22(8-72)106-62(47(54)97)115-52-23(9-73)104-56(99)44(94)43(52)93/h19-63,70-76,81-99H,5-14H2,1-4H3,(H,66,77)(H,67,78)(H,68,79)(H,69,80)(H,100,101)/t19-,20+,21+,22+,23+,24+,25+,26+,27+,28+,29+,30+,31+,32+,33+,34-,35-,36-,37-,38-,39+,40+,41-,42+,43+,44+,45+,46+,47+,48+,49+,50+,51+,52+,53+,54-,55-,56+,57+,58-,59-,60-,61-,62-,63-,65+/m0/s1. The molecule has 9 heterocycles. The second-order valence-electron chi connectivity index (χ2n) is 29.6. The van der Waals surface area contributed by atoms with Gasteiger partial charge in [0.2, 0.25) is 23.6 Å². The molecule has 0 unspecified atom stereocenters. The number of carbonyl (C=O) groups is 5. The van der Waals surface area contributed by atoms with Crippen LogP contribution >= 0.6 is 0 Å². The van der Waals surface area contributed by atoms with Gasteiger partial charge in [-0.3, -0.25) is 19.2 Å². The summed E-state index contributed by atoms with van der Waals surface area (Å²) in [6.07, 6.45) is -87.8. The predicted molar refractivity (Wildman–Crippen MR) is 361 cm³/mol. The quantitative estimate of drug-likeness (QED) is 0.0297. The molecule has 46 atom stereocenters. The van der Waals surface area contributed by atoms with Crippen molar-refractivity contribution >= 4 is 29.6 Å². The second-order valence-corrected chi connectivity index (χ2v) is 29.6. The lowest BCUT2D eigenvalue weighted by Crippen LogP contribution is -2.71. The minimum Gasteiger partial charge on any atom is -0.477 e. The van der Waals surface area contributed by atoms with Crippen LogP contribution in [0.3, 0.4) is 0 Å². The van der Waals surface area contributed by atoms with Crippen molar-refractivity contribution in [2.45, 2.75) is 316 Å². The van der Waals surface area contributed by atoms with Gasteiger partial charge in [-0.1, -0.05) is 0 Å². The molecule has 682 valence electrons. The average molecular weight is 1730 g/mol. The summed E-state index contributed by atoms with van der Waals surface area (Å²) in [7, 11) is 0. The molecular weight excluding hydrogens is 1620 g/mol. The summed E-state index contributed by atoms with van der Waals surface area (Å²) in [4.78, 5) is 64.3. The summed E-state index contributed by atoms with van der Waals surface area (Å²) >= 11 is 0. The summed E-state index contributed by atoms with van der Waals surface area (Å²) in [6, 6.07) is -7.64. The molecule has 0 spiro atoms. The van der Waals surface area contributed by atoms with E-state index >= 15 is 0 Å². The van der Waals surface area contributed by atoms with Crippen molar-refractivity contribution in [1.29, 1.82) is 0 Å². The van der Waals surface area contributed by atoms with Crippen LogP contribution in [0.15, 0.2) is 0 Å². The van der Waals surface area contributed by atoms with Crippen molar-refractivity contribution in [1.82, 2.24) is 21.3 Å². The van der Waals surface area contributed by atoms with Gasteiger partial charge in [-0.15, -0.1) is 0 Å². The third-order valence-corrected chi connectivity index (χ3v) is 21.3. The summed E-state index contributed by atoms with van der Waals surface area (Å²) in [5.41, 5.74) is 0. The van der Waals surface area contributed by atoms with E-state index in [1.165, 1.54) is 0 Å². The lowest BCUT2D eigenvalue weighted by atomic mass is 9.88. The molecule has 0 aromatic heterocycles. The number of aliphatic hydroxyl groups is 26. The molecule has 53 nitrogen and oxygen atoms in total. The minimum absolute atomic E-state index is 0.843. The molecule has 31 N–H and O–H groups in total. The molecule has 9 fully saturated rings. The summed E-state index contributed by atoms with van der Waals surface area (Å²) in [6.45, 7) is -6.48. The number of nitrogens with one attached hydrogen (secondary N) is 4. The maximum atomic E-state index is 13.2. The lowest BCUT2D eigenvalue weighted by Gasteiger charge is -2.51. The fraction of sp³-hybridized carbons (Fsp3) is 0.923. The van der Waals surface area contributed by atoms with Gasteiger partial charge in [0.25, 0.3) is 5.79 Å². The van der Waals surface area contributed by atoms with Crippen molar-refractivity contribution in [3.63, 3.8) is 0 Å². The van der Waals surface area contributed by atoms with Crippen molar-refractivity contribution in [2.24, 2.45) is 0 Å². The molecule has 0 aliphatic carbocycles. The predicted octanol–water partition coefficient (Wildman–Crippen LogP) is -20.8. The highest BCUT2D eigenvalue weighted by molar-refractivity contribution is 5.77. The van der Waals surface area contributed by atoms with Crippen molar-refractivity contribution in [2.75, 3.05) is 59.5 Å². The van der Waals surface area contributed by atoms with Gasteiger partial charge < -0.3 is 240 Å². The van der Waals surface area contributed by atoms with E-state index in [2.05, 4.69) is 21.3 Å². The lowest BCUT2D eigenvalue weighted by molar-refractivity contribution is -0.389. The Bertz CT molecular complexity index is 3210. The van der Waals surface area contributed by atoms with Crippen LogP contribution in [0, 0.1) is 0 Å². The highest BCUT2D eigenvalue weighted by atomic mass is 16.8. The topological polar surface area (TPSA) is 837 Å². The van der Waals surface area contributed by atoms with Crippen molar-refractivity contribution in [3.05, 3.63) is 0 Å². The smallest absolute Gasteiger partial charge is 0.364 e. The van der Waals surface area contributed by atoms with E-state index in [9.17, 15) is 162 Å². The molecule has 9 aliphatic heterocycles. The minimum atomic E-state index is -3.09. The van der Waals surface area contributed by atoms with E-state index in [1.54, 1.807) is 0 Å². The van der Waals surface area contributed by atoms with E-state index < -0.39 is 377 Å². The fourth-order valence-corrected chi connectivity index (χ4v) is 15.1. The zero-order valence-corrected chi connectivity index (χ0v) is 63.1. The summed E-state index contributed by atoms with van der Waals surface area (Å²) < 4.78 is 99.1. The van der Waals surface area contributed by atoms with Crippen LogP contribution in [0.1, 0.15) is 34.1 Å². The first-order valence-corrected chi connectivity index (χ1v) is 37.3. The van der Waals surface area contributed by atoms with Crippen LogP contribution in [0.5, 0.6) is 0 Å². The first kappa shape index (κ1) is 97.4. The van der Waals surface area contributed by atoms with Crippen LogP contribution in [-0.4, -0.2) is 509 Å². The third-order valence-electron chi connectivity index (χ3n) is 21.3. The van der Waals surface area contributed by atoms with Gasteiger partial charge in [-0.2, -0.15) is 0 Å². The summed E-state index contributed by atoms with van der Waals surface area (Å²) in [5.74, 6) is -8.94. The zero-order valence-electron chi connectivity index (χ0n) is 63.1. The number of carboxylic acids is 1. The number of carboxylic acid groups (broad SMARTS) is 1.